The number of aromatic nitrogens is 1. The van der Waals surface area contributed by atoms with Crippen LogP contribution < -0.4 is 0 Å². The Hall–Kier alpha value is -1.06. The van der Waals surface area contributed by atoms with Gasteiger partial charge in [0.15, 0.2) is 0 Å². The first-order chi connectivity index (χ1) is 8.86. The highest BCUT2D eigenvalue weighted by atomic mass is 32.2. The van der Waals surface area contributed by atoms with Crippen LogP contribution in [0.5, 0.6) is 0 Å². The van der Waals surface area contributed by atoms with Crippen molar-refractivity contribution in [3.8, 4) is 0 Å². The van der Waals surface area contributed by atoms with Crippen molar-refractivity contribution < 1.29 is 0 Å². The quantitative estimate of drug-likeness (QED) is 0.783. The molecule has 18 heavy (non-hydrogen) atoms. The molecule has 1 aromatic carbocycles. The summed E-state index contributed by atoms with van der Waals surface area (Å²) in [6.45, 7) is 3.52. The molecule has 0 bridgehead atoms. The number of thioether (sulfide) groups is 1. The summed E-state index contributed by atoms with van der Waals surface area (Å²) < 4.78 is 0. The van der Waals surface area contributed by atoms with Crippen molar-refractivity contribution in [2.45, 2.75) is 24.4 Å². The molecule has 0 N–H and O–H groups in total. The van der Waals surface area contributed by atoms with Crippen molar-refractivity contribution in [1.29, 1.82) is 0 Å². The van der Waals surface area contributed by atoms with E-state index in [4.69, 9.17) is 4.98 Å². The van der Waals surface area contributed by atoms with Crippen LogP contribution in [-0.2, 0) is 6.54 Å². The van der Waals surface area contributed by atoms with Gasteiger partial charge < -0.3 is 0 Å². The van der Waals surface area contributed by atoms with E-state index in [0.29, 0.717) is 0 Å². The molecule has 1 saturated heterocycles. The first kappa shape index (κ1) is 12.0. The number of rotatable bonds is 3. The third-order valence-electron chi connectivity index (χ3n) is 3.55. The van der Waals surface area contributed by atoms with Gasteiger partial charge in [-0.05, 0) is 49.9 Å². The van der Waals surface area contributed by atoms with Gasteiger partial charge in [0.05, 0.1) is 5.52 Å². The summed E-state index contributed by atoms with van der Waals surface area (Å²) in [7, 11) is 0. The van der Waals surface area contributed by atoms with E-state index in [1.165, 1.54) is 41.9 Å². The molecule has 0 unspecified atom stereocenters. The van der Waals surface area contributed by atoms with Crippen LogP contribution in [0.1, 0.15) is 18.4 Å². The SMILES string of the molecule is CSc1nc2ccccc2cc1CN1CCCC1. The van der Waals surface area contributed by atoms with Gasteiger partial charge in [0.1, 0.15) is 5.03 Å². The molecule has 2 nitrogen and oxygen atoms in total. The van der Waals surface area contributed by atoms with E-state index in [2.05, 4.69) is 41.5 Å². The molecule has 1 aliphatic heterocycles. The molecule has 0 spiro atoms. The van der Waals surface area contributed by atoms with E-state index in [9.17, 15) is 0 Å². The van der Waals surface area contributed by atoms with Crippen LogP contribution >= 0.6 is 11.8 Å². The fourth-order valence-electron chi connectivity index (χ4n) is 2.61. The Kier molecular flexibility index (Phi) is 3.52. The maximum absolute atomic E-state index is 4.77. The summed E-state index contributed by atoms with van der Waals surface area (Å²) >= 11 is 1.76. The highest BCUT2D eigenvalue weighted by molar-refractivity contribution is 7.98. The van der Waals surface area contributed by atoms with E-state index in [1.807, 2.05) is 0 Å². The second-order valence-electron chi connectivity index (χ2n) is 4.83. The normalized spacial score (nSPS) is 16.5. The molecule has 3 rings (SSSR count). The Morgan fingerprint density at radius 3 is 2.78 bits per heavy atom. The second kappa shape index (κ2) is 5.29. The molecule has 1 aromatic heterocycles. The van der Waals surface area contributed by atoms with Gasteiger partial charge in [-0.25, -0.2) is 4.98 Å². The first-order valence-corrected chi connectivity index (χ1v) is 7.74. The molecule has 0 saturated carbocycles. The van der Waals surface area contributed by atoms with Crippen LogP contribution in [0.3, 0.4) is 0 Å². The van der Waals surface area contributed by atoms with Crippen molar-refractivity contribution in [2.75, 3.05) is 19.3 Å². The predicted molar refractivity (Wildman–Crippen MR) is 78.0 cm³/mol. The molecule has 2 aromatic rings. The molecule has 3 heteroatoms. The number of nitrogens with zero attached hydrogens (tertiary/aromatic N) is 2. The lowest BCUT2D eigenvalue weighted by Crippen LogP contribution is -2.19. The average molecular weight is 258 g/mol. The number of para-hydroxylation sites is 1. The zero-order chi connectivity index (χ0) is 12.4. The molecule has 0 aliphatic carbocycles. The van der Waals surface area contributed by atoms with Crippen LogP contribution in [0.4, 0.5) is 0 Å². The van der Waals surface area contributed by atoms with Crippen LogP contribution in [0.15, 0.2) is 35.4 Å². The summed E-state index contributed by atoms with van der Waals surface area (Å²) in [5.74, 6) is 0. The lowest BCUT2D eigenvalue weighted by atomic mass is 10.1. The minimum absolute atomic E-state index is 1.05. The Morgan fingerprint density at radius 2 is 2.00 bits per heavy atom. The molecule has 0 radical (unpaired) electrons. The Balaban J connectivity index is 1.97. The smallest absolute Gasteiger partial charge is 0.101 e. The fraction of sp³-hybridized carbons (Fsp3) is 0.400. The average Bonchev–Trinajstić information content (AvgIpc) is 2.91. The summed E-state index contributed by atoms with van der Waals surface area (Å²) in [5.41, 5.74) is 2.48. The number of hydrogen-bond donors (Lipinski definition) is 0. The summed E-state index contributed by atoms with van der Waals surface area (Å²) in [6.07, 6.45) is 4.80. The number of hydrogen-bond acceptors (Lipinski definition) is 3. The summed E-state index contributed by atoms with van der Waals surface area (Å²) in [4.78, 5) is 7.31. The maximum atomic E-state index is 4.77. The van der Waals surface area contributed by atoms with E-state index < -0.39 is 0 Å². The summed E-state index contributed by atoms with van der Waals surface area (Å²) in [6, 6.07) is 10.7. The van der Waals surface area contributed by atoms with Gasteiger partial charge in [-0.15, -0.1) is 11.8 Å². The largest absolute Gasteiger partial charge is 0.299 e. The third-order valence-corrected chi connectivity index (χ3v) is 4.29. The molecule has 1 fully saturated rings. The lowest BCUT2D eigenvalue weighted by Gasteiger charge is -2.16. The Bertz CT molecular complexity index is 547. The predicted octanol–water partition coefficient (Wildman–Crippen LogP) is 3.55. The minimum Gasteiger partial charge on any atom is -0.299 e. The van der Waals surface area contributed by atoms with E-state index in [1.54, 1.807) is 11.8 Å². The number of likely N-dealkylation sites (tertiary alicyclic amines) is 1. The van der Waals surface area contributed by atoms with Crippen molar-refractivity contribution in [2.24, 2.45) is 0 Å². The van der Waals surface area contributed by atoms with Crippen molar-refractivity contribution >= 4 is 22.7 Å². The highest BCUT2D eigenvalue weighted by Gasteiger charge is 2.14. The monoisotopic (exact) mass is 258 g/mol. The Labute approximate surface area is 112 Å². The van der Waals surface area contributed by atoms with Crippen LogP contribution in [-0.4, -0.2) is 29.2 Å². The number of pyridine rings is 1. The van der Waals surface area contributed by atoms with E-state index in [0.717, 1.165) is 12.1 Å². The van der Waals surface area contributed by atoms with Gasteiger partial charge in [-0.2, -0.15) is 0 Å². The minimum atomic E-state index is 1.05. The van der Waals surface area contributed by atoms with Crippen LogP contribution in [0.2, 0.25) is 0 Å². The first-order valence-electron chi connectivity index (χ1n) is 6.52. The third kappa shape index (κ3) is 2.38. The van der Waals surface area contributed by atoms with Gasteiger partial charge in [-0.3, -0.25) is 4.90 Å². The fourth-order valence-corrected chi connectivity index (χ4v) is 3.19. The molecule has 1 aliphatic rings. The molecular weight excluding hydrogens is 240 g/mol. The van der Waals surface area contributed by atoms with Crippen molar-refractivity contribution in [1.82, 2.24) is 9.88 Å². The molecule has 0 amide bonds. The topological polar surface area (TPSA) is 16.1 Å². The molecule has 0 atom stereocenters. The molecule has 94 valence electrons. The van der Waals surface area contributed by atoms with Crippen molar-refractivity contribution in [3.63, 3.8) is 0 Å². The zero-order valence-electron chi connectivity index (χ0n) is 10.7. The standard InChI is InChI=1S/C15H18N2S/c1-18-15-13(11-17-8-4-5-9-17)10-12-6-2-3-7-14(12)16-15/h2-3,6-7,10H,4-5,8-9,11H2,1H3. The van der Waals surface area contributed by atoms with E-state index in [-0.39, 0.29) is 0 Å². The second-order valence-corrected chi connectivity index (χ2v) is 5.63. The van der Waals surface area contributed by atoms with Gasteiger partial charge in [0.25, 0.3) is 0 Å². The summed E-state index contributed by atoms with van der Waals surface area (Å²) in [5, 5.41) is 2.44. The van der Waals surface area contributed by atoms with Gasteiger partial charge in [-0.1, -0.05) is 18.2 Å². The number of fused-ring (bicyclic) bond motifs is 1. The molecule has 2 heterocycles. The number of benzene rings is 1. The maximum Gasteiger partial charge on any atom is 0.101 e. The Morgan fingerprint density at radius 1 is 1.22 bits per heavy atom. The zero-order valence-corrected chi connectivity index (χ0v) is 11.5. The van der Waals surface area contributed by atoms with Crippen LogP contribution in [0, 0.1) is 0 Å². The lowest BCUT2D eigenvalue weighted by molar-refractivity contribution is 0.328. The van der Waals surface area contributed by atoms with Crippen LogP contribution in [0.25, 0.3) is 10.9 Å². The highest BCUT2D eigenvalue weighted by Crippen LogP contribution is 2.25. The van der Waals surface area contributed by atoms with Gasteiger partial charge >= 0.3 is 0 Å². The van der Waals surface area contributed by atoms with Gasteiger partial charge in [0.2, 0.25) is 0 Å². The van der Waals surface area contributed by atoms with Gasteiger partial charge in [0, 0.05) is 11.9 Å². The van der Waals surface area contributed by atoms with Crippen molar-refractivity contribution in [3.05, 3.63) is 35.9 Å². The molecular formula is C15H18N2S. The van der Waals surface area contributed by atoms with E-state index >= 15 is 0 Å².